The summed E-state index contributed by atoms with van der Waals surface area (Å²) >= 11 is 0. The Morgan fingerprint density at radius 2 is 2.08 bits per heavy atom. The second-order valence-corrected chi connectivity index (χ2v) is 6.47. The van der Waals surface area contributed by atoms with Gasteiger partial charge in [-0.3, -0.25) is 14.6 Å². The fraction of sp³-hybridized carbons (Fsp3) is 0.300. The SMILES string of the molecule is Cn1ncc2c1CCCN(Cc1cccc(-c3ccccn3)c1)C2. The first-order valence-electron chi connectivity index (χ1n) is 8.52. The Labute approximate surface area is 142 Å². The molecule has 0 fully saturated rings. The summed E-state index contributed by atoms with van der Waals surface area (Å²) in [5.74, 6) is 0. The summed E-state index contributed by atoms with van der Waals surface area (Å²) in [5.41, 5.74) is 6.32. The zero-order chi connectivity index (χ0) is 16.4. The van der Waals surface area contributed by atoms with Crippen LogP contribution in [0.4, 0.5) is 0 Å². The van der Waals surface area contributed by atoms with Crippen molar-refractivity contribution in [1.82, 2.24) is 19.7 Å². The highest BCUT2D eigenvalue weighted by Crippen LogP contribution is 2.22. The minimum absolute atomic E-state index is 0.967. The second kappa shape index (κ2) is 6.57. The van der Waals surface area contributed by atoms with Crippen molar-refractivity contribution < 1.29 is 0 Å². The molecule has 0 radical (unpaired) electrons. The van der Waals surface area contributed by atoms with Gasteiger partial charge in [0.1, 0.15) is 0 Å². The van der Waals surface area contributed by atoms with E-state index in [1.165, 1.54) is 28.8 Å². The van der Waals surface area contributed by atoms with Crippen LogP contribution in [0.5, 0.6) is 0 Å². The average molecular weight is 318 g/mol. The summed E-state index contributed by atoms with van der Waals surface area (Å²) in [4.78, 5) is 6.98. The lowest BCUT2D eigenvalue weighted by molar-refractivity contribution is 0.261. The zero-order valence-corrected chi connectivity index (χ0v) is 14.0. The smallest absolute Gasteiger partial charge is 0.0702 e. The molecule has 0 bridgehead atoms. The fourth-order valence-corrected chi connectivity index (χ4v) is 3.51. The second-order valence-electron chi connectivity index (χ2n) is 6.47. The number of aromatic nitrogens is 3. The third-order valence-corrected chi connectivity index (χ3v) is 4.72. The molecule has 1 aromatic carbocycles. The quantitative estimate of drug-likeness (QED) is 0.742. The van der Waals surface area contributed by atoms with Crippen LogP contribution in [0, 0.1) is 0 Å². The molecule has 0 spiro atoms. The van der Waals surface area contributed by atoms with Gasteiger partial charge in [-0.15, -0.1) is 0 Å². The number of pyridine rings is 1. The molecule has 3 aromatic rings. The fourth-order valence-electron chi connectivity index (χ4n) is 3.51. The summed E-state index contributed by atoms with van der Waals surface area (Å²) in [6.07, 6.45) is 6.18. The maximum Gasteiger partial charge on any atom is 0.0702 e. The van der Waals surface area contributed by atoms with Crippen LogP contribution in [0.1, 0.15) is 23.2 Å². The molecule has 0 N–H and O–H groups in total. The maximum absolute atomic E-state index is 4.46. The maximum atomic E-state index is 4.46. The van der Waals surface area contributed by atoms with Gasteiger partial charge in [0.25, 0.3) is 0 Å². The molecule has 3 heterocycles. The van der Waals surface area contributed by atoms with Crippen molar-refractivity contribution >= 4 is 0 Å². The molecule has 4 nitrogen and oxygen atoms in total. The van der Waals surface area contributed by atoms with E-state index in [1.54, 1.807) is 0 Å². The van der Waals surface area contributed by atoms with E-state index < -0.39 is 0 Å². The highest BCUT2D eigenvalue weighted by molar-refractivity contribution is 5.59. The minimum atomic E-state index is 0.967. The van der Waals surface area contributed by atoms with Crippen molar-refractivity contribution in [3.8, 4) is 11.3 Å². The van der Waals surface area contributed by atoms with Crippen molar-refractivity contribution in [2.45, 2.75) is 25.9 Å². The first-order chi connectivity index (χ1) is 11.8. The number of fused-ring (bicyclic) bond motifs is 1. The molecule has 0 saturated heterocycles. The molecule has 0 unspecified atom stereocenters. The Morgan fingerprint density at radius 3 is 2.96 bits per heavy atom. The number of hydrogen-bond acceptors (Lipinski definition) is 3. The van der Waals surface area contributed by atoms with Gasteiger partial charge >= 0.3 is 0 Å². The van der Waals surface area contributed by atoms with Crippen molar-refractivity contribution in [1.29, 1.82) is 0 Å². The van der Waals surface area contributed by atoms with E-state index in [2.05, 4.69) is 45.3 Å². The number of rotatable bonds is 3. The van der Waals surface area contributed by atoms with E-state index in [4.69, 9.17) is 0 Å². The van der Waals surface area contributed by atoms with E-state index in [0.29, 0.717) is 0 Å². The lowest BCUT2D eigenvalue weighted by Crippen LogP contribution is -2.22. The Kier molecular flexibility index (Phi) is 4.13. The third-order valence-electron chi connectivity index (χ3n) is 4.72. The van der Waals surface area contributed by atoms with E-state index in [-0.39, 0.29) is 0 Å². The Bertz CT molecular complexity index is 823. The standard InChI is InChI=1S/C20H22N4/c1-23-20-9-5-11-24(15-18(20)13-22-23)14-16-6-4-7-17(12-16)19-8-2-3-10-21-19/h2-4,6-8,10,12-13H,5,9,11,14-15H2,1H3. The van der Waals surface area contributed by atoms with Gasteiger partial charge in [0.15, 0.2) is 0 Å². The van der Waals surface area contributed by atoms with Gasteiger partial charge in [0.2, 0.25) is 0 Å². The van der Waals surface area contributed by atoms with Crippen LogP contribution < -0.4 is 0 Å². The van der Waals surface area contributed by atoms with E-state index >= 15 is 0 Å². The van der Waals surface area contributed by atoms with Gasteiger partial charge < -0.3 is 0 Å². The molecule has 0 atom stereocenters. The summed E-state index contributed by atoms with van der Waals surface area (Å²) < 4.78 is 2.03. The number of nitrogens with zero attached hydrogens (tertiary/aromatic N) is 4. The van der Waals surface area contributed by atoms with Gasteiger partial charge in [-0.2, -0.15) is 5.10 Å². The molecule has 0 aliphatic carbocycles. The van der Waals surface area contributed by atoms with Crippen molar-refractivity contribution in [2.24, 2.45) is 7.05 Å². The Morgan fingerprint density at radius 1 is 1.12 bits per heavy atom. The summed E-state index contributed by atoms with van der Waals surface area (Å²) in [7, 11) is 2.05. The molecule has 4 heteroatoms. The topological polar surface area (TPSA) is 34.0 Å². The normalized spacial score (nSPS) is 15.0. The van der Waals surface area contributed by atoms with Gasteiger partial charge in [-0.25, -0.2) is 0 Å². The van der Waals surface area contributed by atoms with Gasteiger partial charge in [0, 0.05) is 43.2 Å². The number of benzene rings is 1. The summed E-state index contributed by atoms with van der Waals surface area (Å²) in [5, 5.41) is 4.42. The monoisotopic (exact) mass is 318 g/mol. The van der Waals surface area contributed by atoms with E-state index in [9.17, 15) is 0 Å². The van der Waals surface area contributed by atoms with Crippen molar-refractivity contribution in [3.63, 3.8) is 0 Å². The van der Waals surface area contributed by atoms with Crippen LogP contribution in [-0.4, -0.2) is 26.2 Å². The molecule has 24 heavy (non-hydrogen) atoms. The lowest BCUT2D eigenvalue weighted by Gasteiger charge is -2.20. The minimum Gasteiger partial charge on any atom is -0.295 e. The highest BCUT2D eigenvalue weighted by Gasteiger charge is 2.17. The van der Waals surface area contributed by atoms with Gasteiger partial charge in [-0.05, 0) is 43.1 Å². The molecule has 1 aliphatic rings. The summed E-state index contributed by atoms with van der Waals surface area (Å²) in [6.45, 7) is 3.08. The third kappa shape index (κ3) is 3.10. The van der Waals surface area contributed by atoms with E-state index in [1.807, 2.05) is 36.3 Å². The number of aryl methyl sites for hydroxylation is 1. The first kappa shape index (κ1) is 15.1. The number of hydrogen-bond donors (Lipinski definition) is 0. The first-order valence-corrected chi connectivity index (χ1v) is 8.52. The molecule has 0 saturated carbocycles. The average Bonchev–Trinajstić information content (AvgIpc) is 2.84. The molecule has 1 aliphatic heterocycles. The Hall–Kier alpha value is -2.46. The van der Waals surface area contributed by atoms with Crippen LogP contribution in [0.3, 0.4) is 0 Å². The van der Waals surface area contributed by atoms with E-state index in [0.717, 1.165) is 31.7 Å². The molecule has 122 valence electrons. The summed E-state index contributed by atoms with van der Waals surface area (Å²) in [6, 6.07) is 14.8. The van der Waals surface area contributed by atoms with Gasteiger partial charge in [0.05, 0.1) is 11.9 Å². The van der Waals surface area contributed by atoms with Crippen LogP contribution in [-0.2, 0) is 26.6 Å². The van der Waals surface area contributed by atoms with Crippen LogP contribution >= 0.6 is 0 Å². The highest BCUT2D eigenvalue weighted by atomic mass is 15.3. The lowest BCUT2D eigenvalue weighted by atomic mass is 10.1. The van der Waals surface area contributed by atoms with Crippen molar-refractivity contribution in [2.75, 3.05) is 6.54 Å². The zero-order valence-electron chi connectivity index (χ0n) is 14.0. The van der Waals surface area contributed by atoms with Crippen LogP contribution in [0.25, 0.3) is 11.3 Å². The predicted octanol–water partition coefficient (Wildman–Crippen LogP) is 3.43. The predicted molar refractivity (Wildman–Crippen MR) is 95.3 cm³/mol. The molecule has 4 rings (SSSR count). The van der Waals surface area contributed by atoms with Gasteiger partial charge in [-0.1, -0.05) is 24.3 Å². The molecular formula is C20H22N4. The molecular weight excluding hydrogens is 296 g/mol. The van der Waals surface area contributed by atoms with Crippen LogP contribution in [0.2, 0.25) is 0 Å². The Balaban J connectivity index is 1.53. The molecule has 2 aromatic heterocycles. The molecule has 0 amide bonds. The van der Waals surface area contributed by atoms with Crippen LogP contribution in [0.15, 0.2) is 54.9 Å². The van der Waals surface area contributed by atoms with Crippen molar-refractivity contribution in [3.05, 3.63) is 71.7 Å². The largest absolute Gasteiger partial charge is 0.295 e.